The summed E-state index contributed by atoms with van der Waals surface area (Å²) in [7, 11) is -2.57. The Labute approximate surface area is 197 Å². The van der Waals surface area contributed by atoms with E-state index < -0.39 is 8.07 Å². The van der Waals surface area contributed by atoms with E-state index in [1.807, 2.05) is 24.3 Å². The third-order valence-corrected chi connectivity index (χ3v) is 11.6. The van der Waals surface area contributed by atoms with E-state index in [0.29, 0.717) is 0 Å². The highest BCUT2D eigenvalue weighted by Crippen LogP contribution is 2.21. The lowest BCUT2D eigenvalue weighted by Crippen LogP contribution is -2.74. The minimum absolute atomic E-state index is 0.0308. The van der Waals surface area contributed by atoms with Crippen molar-refractivity contribution in [1.29, 1.82) is 0 Å². The summed E-state index contributed by atoms with van der Waals surface area (Å²) in [5.74, 6) is 0. The fraction of sp³-hybridized carbons (Fsp3) is 0. The standard InChI is InChI=1S/C30H23OPSi/c31-32-30-22-21-28(23-29(30)24-13-5-1-6-14-24)33(25-15-7-2-8-16-25,26-17-9-3-10-18-26)27-19-11-4-12-20-27/h1-23H. The van der Waals surface area contributed by atoms with E-state index >= 15 is 0 Å². The minimum Gasteiger partial charge on any atom is -0.269 e. The monoisotopic (exact) mass is 458 g/mol. The van der Waals surface area contributed by atoms with Gasteiger partial charge in [-0.15, -0.1) is 0 Å². The van der Waals surface area contributed by atoms with Crippen LogP contribution in [0.4, 0.5) is 0 Å². The lowest BCUT2D eigenvalue weighted by atomic mass is 10.1. The maximum Gasteiger partial charge on any atom is 0.192 e. The van der Waals surface area contributed by atoms with Crippen LogP contribution in [0.3, 0.4) is 0 Å². The normalized spacial score (nSPS) is 11.4. The molecule has 0 atom stereocenters. The maximum absolute atomic E-state index is 12.1. The SMILES string of the molecule is O=Pc1ccc([Si](c2ccccc2)(c2ccccc2)c2ccccc2)cc1-c1ccccc1. The van der Waals surface area contributed by atoms with Crippen LogP contribution in [-0.4, -0.2) is 8.07 Å². The van der Waals surface area contributed by atoms with Crippen molar-refractivity contribution in [2.75, 3.05) is 0 Å². The van der Waals surface area contributed by atoms with Gasteiger partial charge in [0.2, 0.25) is 0 Å². The Kier molecular flexibility index (Phi) is 6.12. The second-order valence-corrected chi connectivity index (χ2v) is 12.5. The van der Waals surface area contributed by atoms with Crippen LogP contribution in [-0.2, 0) is 4.57 Å². The van der Waals surface area contributed by atoms with Crippen molar-refractivity contribution in [2.45, 2.75) is 0 Å². The highest BCUT2D eigenvalue weighted by atomic mass is 31.1. The molecule has 0 saturated heterocycles. The fourth-order valence-corrected chi connectivity index (χ4v) is 9.96. The molecule has 0 saturated carbocycles. The average molecular weight is 459 g/mol. The van der Waals surface area contributed by atoms with Crippen LogP contribution in [0.25, 0.3) is 11.1 Å². The summed E-state index contributed by atoms with van der Waals surface area (Å²) in [4.78, 5) is 0. The molecule has 3 heteroatoms. The second-order valence-electron chi connectivity index (χ2n) is 8.04. The summed E-state index contributed by atoms with van der Waals surface area (Å²) < 4.78 is 12.1. The topological polar surface area (TPSA) is 17.1 Å². The molecule has 0 N–H and O–H groups in total. The van der Waals surface area contributed by atoms with Gasteiger partial charge < -0.3 is 0 Å². The summed E-state index contributed by atoms with van der Waals surface area (Å²) in [6, 6.07) is 49.3. The molecule has 0 unspecified atom stereocenters. The summed E-state index contributed by atoms with van der Waals surface area (Å²) in [5, 5.41) is 6.07. The van der Waals surface area contributed by atoms with E-state index in [1.165, 1.54) is 20.7 Å². The van der Waals surface area contributed by atoms with Crippen LogP contribution in [0.2, 0.25) is 0 Å². The predicted octanol–water partition coefficient (Wildman–Crippen LogP) is 4.65. The first-order valence-electron chi connectivity index (χ1n) is 11.0. The molecule has 5 aromatic carbocycles. The molecule has 0 amide bonds. The van der Waals surface area contributed by atoms with Crippen LogP contribution in [0.5, 0.6) is 0 Å². The van der Waals surface area contributed by atoms with Gasteiger partial charge >= 0.3 is 0 Å². The van der Waals surface area contributed by atoms with Crippen LogP contribution in [0.15, 0.2) is 140 Å². The Morgan fingerprint density at radius 2 is 0.879 bits per heavy atom. The van der Waals surface area contributed by atoms with Crippen molar-refractivity contribution in [1.82, 2.24) is 0 Å². The zero-order valence-electron chi connectivity index (χ0n) is 18.1. The van der Waals surface area contributed by atoms with Gasteiger partial charge in [-0.3, -0.25) is 4.57 Å². The molecule has 0 aliphatic rings. The lowest BCUT2D eigenvalue weighted by Gasteiger charge is -2.34. The first kappa shape index (κ1) is 21.3. The van der Waals surface area contributed by atoms with E-state index in [1.54, 1.807) is 0 Å². The lowest BCUT2D eigenvalue weighted by molar-refractivity contribution is 0.603. The molecule has 0 aliphatic heterocycles. The summed E-state index contributed by atoms with van der Waals surface area (Å²) in [5.41, 5.74) is 2.10. The third-order valence-electron chi connectivity index (χ3n) is 6.23. The van der Waals surface area contributed by atoms with Gasteiger partial charge in [-0.2, -0.15) is 0 Å². The molecule has 0 fully saturated rings. The molecule has 0 radical (unpaired) electrons. The molecule has 5 aromatic rings. The van der Waals surface area contributed by atoms with E-state index in [0.717, 1.165) is 16.4 Å². The van der Waals surface area contributed by atoms with Gasteiger partial charge in [-0.05, 0) is 37.9 Å². The van der Waals surface area contributed by atoms with Gasteiger partial charge in [0.25, 0.3) is 0 Å². The average Bonchev–Trinajstić information content (AvgIpc) is 2.91. The Bertz CT molecular complexity index is 1260. The highest BCUT2D eigenvalue weighted by Gasteiger charge is 2.41. The van der Waals surface area contributed by atoms with Crippen molar-refractivity contribution < 1.29 is 4.57 Å². The van der Waals surface area contributed by atoms with E-state index in [-0.39, 0.29) is 8.46 Å². The van der Waals surface area contributed by atoms with Crippen molar-refractivity contribution >= 4 is 42.6 Å². The molecule has 0 heterocycles. The van der Waals surface area contributed by atoms with Gasteiger partial charge in [0.05, 0.1) is 5.30 Å². The zero-order chi connectivity index (χ0) is 22.5. The molecular formula is C30H23OPSi. The predicted molar refractivity (Wildman–Crippen MR) is 143 cm³/mol. The smallest absolute Gasteiger partial charge is 0.192 e. The van der Waals surface area contributed by atoms with Crippen molar-refractivity contribution in [3.8, 4) is 11.1 Å². The second kappa shape index (κ2) is 9.50. The Balaban J connectivity index is 1.89. The number of rotatable bonds is 6. The van der Waals surface area contributed by atoms with E-state index in [2.05, 4.69) is 115 Å². The Morgan fingerprint density at radius 1 is 0.455 bits per heavy atom. The number of hydrogen-bond donors (Lipinski definition) is 0. The van der Waals surface area contributed by atoms with Crippen molar-refractivity contribution in [2.24, 2.45) is 0 Å². The zero-order valence-corrected chi connectivity index (χ0v) is 20.0. The summed E-state index contributed by atoms with van der Waals surface area (Å²) in [6.07, 6.45) is 0. The maximum atomic E-state index is 12.1. The van der Waals surface area contributed by atoms with Crippen LogP contribution in [0.1, 0.15) is 0 Å². The number of hydrogen-bond acceptors (Lipinski definition) is 1. The quantitative estimate of drug-likeness (QED) is 0.206. The summed E-state index contributed by atoms with van der Waals surface area (Å²) >= 11 is 0. The van der Waals surface area contributed by atoms with Gasteiger partial charge in [0, 0.05) is 0 Å². The van der Waals surface area contributed by atoms with Gasteiger partial charge in [-0.25, -0.2) is 0 Å². The first-order chi connectivity index (χ1) is 16.3. The molecule has 0 spiro atoms. The molecule has 1 nitrogen and oxygen atoms in total. The van der Waals surface area contributed by atoms with Gasteiger partial charge in [0.15, 0.2) is 16.5 Å². The molecule has 33 heavy (non-hydrogen) atoms. The molecule has 158 valence electrons. The van der Waals surface area contributed by atoms with Crippen LogP contribution in [0, 0.1) is 0 Å². The molecule has 0 aliphatic carbocycles. The van der Waals surface area contributed by atoms with Crippen molar-refractivity contribution in [3.63, 3.8) is 0 Å². The van der Waals surface area contributed by atoms with E-state index in [4.69, 9.17) is 0 Å². The van der Waals surface area contributed by atoms with E-state index in [9.17, 15) is 4.57 Å². The first-order valence-corrected chi connectivity index (χ1v) is 13.8. The Morgan fingerprint density at radius 3 is 1.30 bits per heavy atom. The largest absolute Gasteiger partial charge is 0.269 e. The molecule has 0 bridgehead atoms. The Hall–Kier alpha value is -3.58. The van der Waals surface area contributed by atoms with Crippen molar-refractivity contribution in [3.05, 3.63) is 140 Å². The van der Waals surface area contributed by atoms with Gasteiger partial charge in [0.1, 0.15) is 0 Å². The highest BCUT2D eigenvalue weighted by molar-refractivity contribution is 7.34. The molecule has 5 rings (SSSR count). The molecular weight excluding hydrogens is 435 g/mol. The van der Waals surface area contributed by atoms with Crippen LogP contribution >= 0.6 is 8.46 Å². The third kappa shape index (κ3) is 3.89. The van der Waals surface area contributed by atoms with Gasteiger partial charge in [-0.1, -0.05) is 133 Å². The van der Waals surface area contributed by atoms with Crippen LogP contribution < -0.4 is 26.1 Å². The minimum atomic E-state index is -2.61. The number of benzene rings is 5. The summed E-state index contributed by atoms with van der Waals surface area (Å²) in [6.45, 7) is 0. The molecule has 0 aromatic heterocycles. The fourth-order valence-electron chi connectivity index (χ4n) is 4.76.